The van der Waals surface area contributed by atoms with Gasteiger partial charge in [-0.25, -0.2) is 15.0 Å². The van der Waals surface area contributed by atoms with Crippen molar-refractivity contribution < 1.29 is 0 Å². The Labute approximate surface area is 268 Å². The molecule has 0 radical (unpaired) electrons. The Balaban J connectivity index is 1.21. The Kier molecular flexibility index (Phi) is 6.84. The number of aryl methyl sites for hydroxylation is 2. The first kappa shape index (κ1) is 27.5. The summed E-state index contributed by atoms with van der Waals surface area (Å²) in [6, 6.07) is 48.3. The molecule has 5 nitrogen and oxygen atoms in total. The van der Waals surface area contributed by atoms with E-state index < -0.39 is 0 Å². The minimum atomic E-state index is 0.877. The number of rotatable bonds is 6. The summed E-state index contributed by atoms with van der Waals surface area (Å²) in [6.07, 6.45) is 4.09. The molecule has 0 aliphatic carbocycles. The van der Waals surface area contributed by atoms with Crippen molar-refractivity contribution >= 4 is 33.7 Å². The molecule has 5 heteroatoms. The van der Waals surface area contributed by atoms with Crippen molar-refractivity contribution in [3.8, 4) is 33.8 Å². The van der Waals surface area contributed by atoms with Gasteiger partial charge in [0.05, 0.1) is 28.1 Å². The second kappa shape index (κ2) is 11.5. The Hall–Kier alpha value is -6.07. The van der Waals surface area contributed by atoms with Crippen molar-refractivity contribution in [3.05, 3.63) is 163 Å². The van der Waals surface area contributed by atoms with Crippen molar-refractivity contribution in [3.63, 3.8) is 0 Å². The van der Waals surface area contributed by atoms with Gasteiger partial charge in [-0.15, -0.1) is 0 Å². The van der Waals surface area contributed by atoms with Crippen LogP contribution in [-0.2, 0) is 0 Å². The monoisotopic (exact) mass is 593 g/mol. The van der Waals surface area contributed by atoms with E-state index in [-0.39, 0.29) is 0 Å². The first-order valence-corrected chi connectivity index (χ1v) is 15.5. The predicted molar refractivity (Wildman–Crippen MR) is 189 cm³/mol. The maximum atomic E-state index is 5.24. The molecule has 0 saturated heterocycles. The summed E-state index contributed by atoms with van der Waals surface area (Å²) in [4.78, 5) is 17.5. The summed E-state index contributed by atoms with van der Waals surface area (Å²) in [5.74, 6) is 0. The van der Waals surface area contributed by atoms with Crippen LogP contribution < -0.4 is 4.90 Å². The molecule has 3 aromatic heterocycles. The molecule has 0 fully saturated rings. The second-order valence-corrected chi connectivity index (χ2v) is 11.5. The van der Waals surface area contributed by atoms with Gasteiger partial charge < -0.3 is 9.30 Å². The van der Waals surface area contributed by atoms with E-state index in [2.05, 4.69) is 134 Å². The number of hydrogen-bond acceptors (Lipinski definition) is 4. The Bertz CT molecular complexity index is 2270. The van der Waals surface area contributed by atoms with Crippen LogP contribution in [-0.4, -0.2) is 19.4 Å². The summed E-state index contributed by atoms with van der Waals surface area (Å²) in [7, 11) is 0. The summed E-state index contributed by atoms with van der Waals surface area (Å²) in [6.45, 7) is 4.20. The summed E-state index contributed by atoms with van der Waals surface area (Å²) >= 11 is 0. The van der Waals surface area contributed by atoms with Crippen LogP contribution >= 0.6 is 0 Å². The fraction of sp³-hybridized carbons (Fsp3) is 0.0488. The van der Waals surface area contributed by atoms with Gasteiger partial charge in [0.2, 0.25) is 0 Å². The van der Waals surface area contributed by atoms with Crippen LogP contribution in [0.1, 0.15) is 11.1 Å². The molecule has 0 atom stereocenters. The normalized spacial score (nSPS) is 11.3. The van der Waals surface area contributed by atoms with Gasteiger partial charge in [0, 0.05) is 46.1 Å². The second-order valence-electron chi connectivity index (χ2n) is 11.5. The zero-order valence-corrected chi connectivity index (χ0v) is 25.7. The van der Waals surface area contributed by atoms with Crippen LogP contribution in [0.5, 0.6) is 0 Å². The Morgan fingerprint density at radius 2 is 0.957 bits per heavy atom. The highest BCUT2D eigenvalue weighted by Crippen LogP contribution is 2.38. The van der Waals surface area contributed by atoms with Crippen molar-refractivity contribution in [2.24, 2.45) is 0 Å². The lowest BCUT2D eigenvalue weighted by atomic mass is 10.0. The van der Waals surface area contributed by atoms with E-state index in [1.165, 1.54) is 0 Å². The lowest BCUT2D eigenvalue weighted by Crippen LogP contribution is -2.09. The van der Waals surface area contributed by atoms with Crippen LogP contribution in [0.3, 0.4) is 0 Å². The number of nitrogens with zero attached hydrogens (tertiary/aromatic N) is 5. The van der Waals surface area contributed by atoms with E-state index in [1.54, 1.807) is 0 Å². The van der Waals surface area contributed by atoms with E-state index in [9.17, 15) is 0 Å². The van der Waals surface area contributed by atoms with E-state index in [0.717, 1.165) is 78.6 Å². The average molecular weight is 594 g/mol. The topological polar surface area (TPSA) is 46.3 Å². The lowest BCUT2D eigenvalue weighted by Gasteiger charge is -2.26. The third kappa shape index (κ3) is 4.98. The van der Waals surface area contributed by atoms with Crippen LogP contribution in [0.25, 0.3) is 50.5 Å². The van der Waals surface area contributed by atoms with Crippen LogP contribution in [0.15, 0.2) is 152 Å². The number of aromatic nitrogens is 4. The molecule has 5 aromatic carbocycles. The quantitative estimate of drug-likeness (QED) is 0.192. The number of benzene rings is 5. The molecular formula is C41H31N5. The zero-order chi connectivity index (χ0) is 31.0. The van der Waals surface area contributed by atoms with E-state index in [0.29, 0.717) is 0 Å². The average Bonchev–Trinajstić information content (AvgIpc) is 3.56. The minimum Gasteiger partial charge on any atom is -0.311 e. The number of hydrogen-bond donors (Lipinski definition) is 0. The Morgan fingerprint density at radius 1 is 0.457 bits per heavy atom. The van der Waals surface area contributed by atoms with Gasteiger partial charge in [-0.2, -0.15) is 0 Å². The van der Waals surface area contributed by atoms with Gasteiger partial charge in [0.15, 0.2) is 0 Å². The SMILES string of the molecule is Cc1ccc(C)c2nc(-c3ccc(N(c4ccccc4)c4ccc(-c5cn6ccccc6n5)cc4)cc3)c(-c3ccccc3)nc12. The summed E-state index contributed by atoms with van der Waals surface area (Å²) in [5, 5.41) is 0. The number of pyridine rings is 1. The number of anilines is 3. The van der Waals surface area contributed by atoms with Crippen LogP contribution in [0, 0.1) is 13.8 Å². The molecule has 8 rings (SSSR count). The smallest absolute Gasteiger partial charge is 0.137 e. The van der Waals surface area contributed by atoms with Crippen molar-refractivity contribution in [2.45, 2.75) is 13.8 Å². The maximum Gasteiger partial charge on any atom is 0.137 e. The standard InChI is InChI=1S/C41H31N5/c1-28-16-17-29(2)39-38(28)43-40(31-11-5-3-6-12-31)41(44-39)32-20-24-35(25-21-32)46(33-13-7-4-8-14-33)34-22-18-30(19-23-34)36-27-45-26-10-9-15-37(45)42-36/h3-27H,1-2H3. The van der Waals surface area contributed by atoms with Gasteiger partial charge in [-0.1, -0.05) is 91.0 Å². The molecule has 0 amide bonds. The first-order valence-electron chi connectivity index (χ1n) is 15.5. The largest absolute Gasteiger partial charge is 0.311 e. The molecule has 0 spiro atoms. The number of imidazole rings is 1. The van der Waals surface area contributed by atoms with Crippen LogP contribution in [0.2, 0.25) is 0 Å². The molecule has 0 saturated carbocycles. The highest BCUT2D eigenvalue weighted by atomic mass is 15.1. The van der Waals surface area contributed by atoms with Gasteiger partial charge in [0.1, 0.15) is 5.65 Å². The molecule has 0 aliphatic heterocycles. The van der Waals surface area contributed by atoms with Gasteiger partial charge in [0.25, 0.3) is 0 Å². The fourth-order valence-electron chi connectivity index (χ4n) is 6.04. The number of para-hydroxylation sites is 1. The molecule has 220 valence electrons. The molecule has 46 heavy (non-hydrogen) atoms. The van der Waals surface area contributed by atoms with Gasteiger partial charge in [-0.05, 0) is 73.5 Å². The summed E-state index contributed by atoms with van der Waals surface area (Å²) in [5.41, 5.74) is 14.1. The first-order chi connectivity index (χ1) is 22.6. The highest BCUT2D eigenvalue weighted by Gasteiger charge is 2.18. The number of fused-ring (bicyclic) bond motifs is 2. The van der Waals surface area contributed by atoms with Crippen molar-refractivity contribution in [2.75, 3.05) is 4.90 Å². The molecular weight excluding hydrogens is 562 g/mol. The lowest BCUT2D eigenvalue weighted by molar-refractivity contribution is 1.19. The van der Waals surface area contributed by atoms with Crippen molar-refractivity contribution in [1.82, 2.24) is 19.4 Å². The molecule has 8 aromatic rings. The van der Waals surface area contributed by atoms with Crippen molar-refractivity contribution in [1.29, 1.82) is 0 Å². The molecule has 0 bridgehead atoms. The fourth-order valence-corrected chi connectivity index (χ4v) is 6.04. The van der Waals surface area contributed by atoms with Gasteiger partial charge in [-0.3, -0.25) is 0 Å². The minimum absolute atomic E-state index is 0.877. The molecule has 0 unspecified atom stereocenters. The molecule has 3 heterocycles. The van der Waals surface area contributed by atoms with E-state index in [1.807, 2.05) is 40.9 Å². The highest BCUT2D eigenvalue weighted by molar-refractivity contribution is 5.90. The van der Waals surface area contributed by atoms with Crippen LogP contribution in [0.4, 0.5) is 17.1 Å². The molecule has 0 N–H and O–H groups in total. The van der Waals surface area contributed by atoms with Gasteiger partial charge >= 0.3 is 0 Å². The zero-order valence-electron chi connectivity index (χ0n) is 25.7. The predicted octanol–water partition coefficient (Wildman–Crippen LogP) is 10.4. The Morgan fingerprint density at radius 3 is 1.54 bits per heavy atom. The van der Waals surface area contributed by atoms with E-state index >= 15 is 0 Å². The third-order valence-corrected chi connectivity index (χ3v) is 8.47. The summed E-state index contributed by atoms with van der Waals surface area (Å²) < 4.78 is 2.05. The van der Waals surface area contributed by atoms with E-state index in [4.69, 9.17) is 15.0 Å². The molecule has 0 aliphatic rings. The maximum absolute atomic E-state index is 5.24. The third-order valence-electron chi connectivity index (χ3n) is 8.47.